The van der Waals surface area contributed by atoms with Crippen LogP contribution in [0.4, 0.5) is 0 Å². The maximum absolute atomic E-state index is 5.87. The van der Waals surface area contributed by atoms with Crippen molar-refractivity contribution in [2.75, 3.05) is 13.2 Å². The Hall–Kier alpha value is -0.940. The van der Waals surface area contributed by atoms with E-state index in [0.29, 0.717) is 17.6 Å². The quantitative estimate of drug-likeness (QED) is 0.760. The van der Waals surface area contributed by atoms with Gasteiger partial charge in [0.1, 0.15) is 0 Å². The number of hydrogen-bond donors (Lipinski definition) is 1. The molecule has 106 valence electrons. The van der Waals surface area contributed by atoms with Crippen LogP contribution < -0.4 is 5.32 Å². The fourth-order valence-corrected chi connectivity index (χ4v) is 3.59. The average Bonchev–Trinajstić information content (AvgIpc) is 2.82. The highest BCUT2D eigenvalue weighted by Gasteiger charge is 2.58. The average molecular weight is 264 g/mol. The molecule has 0 saturated heterocycles. The first kappa shape index (κ1) is 13.1. The Morgan fingerprint density at radius 1 is 1.47 bits per heavy atom. The van der Waals surface area contributed by atoms with Crippen LogP contribution in [0.2, 0.25) is 0 Å². The second kappa shape index (κ2) is 5.59. The lowest BCUT2D eigenvalue weighted by atomic mass is 9.51. The fourth-order valence-electron chi connectivity index (χ4n) is 3.59. The normalized spacial score (nSPS) is 28.1. The largest absolute Gasteiger partial charge is 0.378 e. The van der Waals surface area contributed by atoms with Crippen molar-refractivity contribution < 1.29 is 4.74 Å². The Labute approximate surface area is 114 Å². The van der Waals surface area contributed by atoms with Crippen LogP contribution in [0.1, 0.15) is 39.0 Å². The minimum atomic E-state index is 0.475. The molecule has 2 aliphatic rings. The second-order valence-corrected chi connectivity index (χ2v) is 5.79. The zero-order valence-corrected chi connectivity index (χ0v) is 11.7. The summed E-state index contributed by atoms with van der Waals surface area (Å²) in [6.07, 6.45) is 10.5. The molecule has 0 bridgehead atoms. The first-order chi connectivity index (χ1) is 9.35. The van der Waals surface area contributed by atoms with E-state index in [1.807, 2.05) is 10.9 Å². The minimum Gasteiger partial charge on any atom is -0.378 e. The van der Waals surface area contributed by atoms with Gasteiger partial charge in [-0.05, 0) is 39.2 Å². The molecule has 1 spiro atoms. The minimum absolute atomic E-state index is 0.475. The van der Waals surface area contributed by atoms with E-state index in [0.717, 1.165) is 26.1 Å². The number of rotatable bonds is 7. The number of aromatic nitrogens is 3. The van der Waals surface area contributed by atoms with E-state index < -0.39 is 0 Å². The molecule has 5 nitrogen and oxygen atoms in total. The van der Waals surface area contributed by atoms with Crippen molar-refractivity contribution in [1.29, 1.82) is 0 Å². The molecule has 1 aromatic heterocycles. The highest BCUT2D eigenvalue weighted by Crippen LogP contribution is 2.57. The first-order valence-electron chi connectivity index (χ1n) is 7.54. The van der Waals surface area contributed by atoms with Gasteiger partial charge in [0, 0.05) is 30.8 Å². The summed E-state index contributed by atoms with van der Waals surface area (Å²) in [4.78, 5) is 0. The highest BCUT2D eigenvalue weighted by atomic mass is 16.5. The monoisotopic (exact) mass is 264 g/mol. The molecule has 1 heterocycles. The molecular weight excluding hydrogens is 240 g/mol. The molecule has 2 saturated carbocycles. The van der Waals surface area contributed by atoms with E-state index in [-0.39, 0.29) is 0 Å². The molecule has 0 amide bonds. The summed E-state index contributed by atoms with van der Waals surface area (Å²) in [6, 6.07) is 0.675. The summed E-state index contributed by atoms with van der Waals surface area (Å²) in [7, 11) is 0. The van der Waals surface area contributed by atoms with Gasteiger partial charge in [0.15, 0.2) is 0 Å². The summed E-state index contributed by atoms with van der Waals surface area (Å²) in [6.45, 7) is 4.96. The van der Waals surface area contributed by atoms with Crippen molar-refractivity contribution in [2.24, 2.45) is 5.41 Å². The molecule has 2 unspecified atom stereocenters. The Bertz CT molecular complexity index is 388. The van der Waals surface area contributed by atoms with Gasteiger partial charge in [0.25, 0.3) is 0 Å². The molecule has 5 heteroatoms. The van der Waals surface area contributed by atoms with Crippen LogP contribution in [0.5, 0.6) is 0 Å². The summed E-state index contributed by atoms with van der Waals surface area (Å²) >= 11 is 0. The van der Waals surface area contributed by atoms with Crippen molar-refractivity contribution in [1.82, 2.24) is 20.3 Å². The van der Waals surface area contributed by atoms with E-state index in [2.05, 4.69) is 22.6 Å². The number of aryl methyl sites for hydroxylation is 1. The van der Waals surface area contributed by atoms with Gasteiger partial charge in [-0.2, -0.15) is 0 Å². The molecule has 19 heavy (non-hydrogen) atoms. The van der Waals surface area contributed by atoms with Gasteiger partial charge in [0.05, 0.1) is 12.3 Å². The number of hydrogen-bond acceptors (Lipinski definition) is 4. The SMILES string of the molecule is CCOC1CC(NCCCn2ccnn2)C12CCC2. The summed E-state index contributed by atoms with van der Waals surface area (Å²) in [5.74, 6) is 0. The molecule has 2 fully saturated rings. The molecule has 0 radical (unpaired) electrons. The molecule has 0 aliphatic heterocycles. The number of nitrogens with one attached hydrogen (secondary N) is 1. The molecule has 0 aromatic carbocycles. The zero-order valence-electron chi connectivity index (χ0n) is 11.7. The summed E-state index contributed by atoms with van der Waals surface area (Å²) in [5, 5.41) is 11.5. The molecular formula is C14H24N4O. The van der Waals surface area contributed by atoms with Crippen LogP contribution in [0.15, 0.2) is 12.4 Å². The lowest BCUT2D eigenvalue weighted by molar-refractivity contribution is -0.172. The van der Waals surface area contributed by atoms with E-state index in [1.165, 1.54) is 25.7 Å². The Morgan fingerprint density at radius 2 is 2.37 bits per heavy atom. The van der Waals surface area contributed by atoms with Gasteiger partial charge in [-0.3, -0.25) is 4.68 Å². The lowest BCUT2D eigenvalue weighted by Crippen LogP contribution is -2.66. The lowest BCUT2D eigenvalue weighted by Gasteiger charge is -2.61. The van der Waals surface area contributed by atoms with Gasteiger partial charge >= 0.3 is 0 Å². The maximum Gasteiger partial charge on any atom is 0.0692 e. The predicted octanol–water partition coefficient (Wildman–Crippen LogP) is 1.61. The Kier molecular flexibility index (Phi) is 3.84. The van der Waals surface area contributed by atoms with Crippen LogP contribution in [0, 0.1) is 5.41 Å². The maximum atomic E-state index is 5.87. The third-order valence-electron chi connectivity index (χ3n) is 4.86. The summed E-state index contributed by atoms with van der Waals surface area (Å²) in [5.41, 5.74) is 0.475. The van der Waals surface area contributed by atoms with Crippen molar-refractivity contribution in [3.05, 3.63) is 12.4 Å². The molecule has 3 rings (SSSR count). The van der Waals surface area contributed by atoms with E-state index in [4.69, 9.17) is 4.74 Å². The van der Waals surface area contributed by atoms with Gasteiger partial charge in [-0.15, -0.1) is 5.10 Å². The van der Waals surface area contributed by atoms with Gasteiger partial charge < -0.3 is 10.1 Å². The van der Waals surface area contributed by atoms with Crippen LogP contribution >= 0.6 is 0 Å². The van der Waals surface area contributed by atoms with Crippen LogP contribution in [-0.2, 0) is 11.3 Å². The van der Waals surface area contributed by atoms with Crippen molar-refractivity contribution in [2.45, 2.75) is 57.7 Å². The number of ether oxygens (including phenoxy) is 1. The second-order valence-electron chi connectivity index (χ2n) is 5.79. The standard InChI is InChI=1S/C14H24N4O/c1-2-19-13-11-12(14(13)5-3-6-14)15-7-4-9-18-10-8-16-17-18/h8,10,12-13,15H,2-7,9,11H2,1H3. The number of nitrogens with zero attached hydrogens (tertiary/aromatic N) is 3. The predicted molar refractivity (Wildman–Crippen MR) is 72.7 cm³/mol. The molecule has 1 aromatic rings. The molecule has 2 atom stereocenters. The molecule has 2 aliphatic carbocycles. The van der Waals surface area contributed by atoms with E-state index in [9.17, 15) is 0 Å². The topological polar surface area (TPSA) is 52.0 Å². The van der Waals surface area contributed by atoms with Crippen molar-refractivity contribution in [3.8, 4) is 0 Å². The van der Waals surface area contributed by atoms with E-state index >= 15 is 0 Å². The Morgan fingerprint density at radius 3 is 3.00 bits per heavy atom. The summed E-state index contributed by atoms with van der Waals surface area (Å²) < 4.78 is 7.76. The zero-order chi connectivity index (χ0) is 13.1. The van der Waals surface area contributed by atoms with Crippen LogP contribution in [-0.4, -0.2) is 40.3 Å². The fraction of sp³-hybridized carbons (Fsp3) is 0.857. The third kappa shape index (κ3) is 2.41. The van der Waals surface area contributed by atoms with Crippen molar-refractivity contribution >= 4 is 0 Å². The Balaban J connectivity index is 1.39. The van der Waals surface area contributed by atoms with Gasteiger partial charge in [0.2, 0.25) is 0 Å². The van der Waals surface area contributed by atoms with Crippen LogP contribution in [0.25, 0.3) is 0 Å². The van der Waals surface area contributed by atoms with Crippen LogP contribution in [0.3, 0.4) is 0 Å². The van der Waals surface area contributed by atoms with Gasteiger partial charge in [-0.1, -0.05) is 11.6 Å². The van der Waals surface area contributed by atoms with E-state index in [1.54, 1.807) is 6.20 Å². The smallest absolute Gasteiger partial charge is 0.0692 e. The van der Waals surface area contributed by atoms with Crippen molar-refractivity contribution in [3.63, 3.8) is 0 Å². The first-order valence-corrected chi connectivity index (χ1v) is 7.54. The highest BCUT2D eigenvalue weighted by molar-refractivity contribution is 5.12. The third-order valence-corrected chi connectivity index (χ3v) is 4.86. The molecule has 1 N–H and O–H groups in total. The van der Waals surface area contributed by atoms with Gasteiger partial charge in [-0.25, -0.2) is 0 Å².